The number of benzene rings is 2. The molecular formula is C34H34Cl2N8O3. The average Bonchev–Trinajstić information content (AvgIpc) is 3.76. The number of amides is 1. The summed E-state index contributed by atoms with van der Waals surface area (Å²) in [6, 6.07) is 13.8. The molecule has 1 saturated heterocycles. The highest BCUT2D eigenvalue weighted by Gasteiger charge is 2.42. The molecule has 2 aromatic heterocycles. The molecule has 0 spiro atoms. The second-order valence-corrected chi connectivity index (χ2v) is 12.4. The summed E-state index contributed by atoms with van der Waals surface area (Å²) in [5.41, 5.74) is 4.92. The lowest BCUT2D eigenvalue weighted by molar-refractivity contribution is -0.119. The molecule has 1 aliphatic heterocycles. The van der Waals surface area contributed by atoms with Gasteiger partial charge >= 0.3 is 0 Å². The number of carbonyl (C=O) groups excluding carboxylic acids is 1. The van der Waals surface area contributed by atoms with Crippen LogP contribution >= 0.6 is 23.2 Å². The van der Waals surface area contributed by atoms with E-state index in [9.17, 15) is 10.1 Å². The van der Waals surface area contributed by atoms with Crippen LogP contribution in [0.1, 0.15) is 37.1 Å². The van der Waals surface area contributed by atoms with Crippen molar-refractivity contribution in [3.8, 4) is 51.5 Å². The Bertz CT molecular complexity index is 1840. The Morgan fingerprint density at radius 2 is 1.43 bits per heavy atom. The smallest absolute Gasteiger partial charge is 0.237 e. The van der Waals surface area contributed by atoms with Crippen LogP contribution in [0.25, 0.3) is 33.6 Å². The van der Waals surface area contributed by atoms with Gasteiger partial charge in [0.2, 0.25) is 17.7 Å². The molecule has 0 radical (unpaired) electrons. The van der Waals surface area contributed by atoms with Crippen LogP contribution in [-0.4, -0.2) is 59.2 Å². The van der Waals surface area contributed by atoms with Gasteiger partial charge in [-0.25, -0.2) is 9.97 Å². The molecule has 13 heteroatoms. The third-order valence-corrected chi connectivity index (χ3v) is 9.28. The molecule has 0 bridgehead atoms. The molecule has 3 N–H and O–H groups in total. The maximum absolute atomic E-state index is 11.5. The number of aromatic nitrogens is 4. The van der Waals surface area contributed by atoms with E-state index in [2.05, 4.69) is 32.0 Å². The molecule has 1 atom stereocenters. The van der Waals surface area contributed by atoms with Crippen molar-refractivity contribution < 1.29 is 14.3 Å². The third-order valence-electron chi connectivity index (χ3n) is 8.46. The fraction of sp³-hybridized carbons (Fsp3) is 0.353. The minimum atomic E-state index is -0.260. The zero-order valence-electron chi connectivity index (χ0n) is 26.1. The minimum Gasteiger partial charge on any atom is -0.480 e. The summed E-state index contributed by atoms with van der Waals surface area (Å²) >= 11 is 14.1. The number of ether oxygens (including phenoxy) is 2. The van der Waals surface area contributed by atoms with Crippen molar-refractivity contribution in [1.82, 2.24) is 35.9 Å². The Morgan fingerprint density at radius 3 is 1.89 bits per heavy atom. The molecule has 47 heavy (non-hydrogen) atoms. The number of hydrogen-bond donors (Lipinski definition) is 3. The Balaban J connectivity index is 1.22. The van der Waals surface area contributed by atoms with E-state index in [0.717, 1.165) is 19.3 Å². The van der Waals surface area contributed by atoms with Gasteiger partial charge in [-0.05, 0) is 19.3 Å². The zero-order chi connectivity index (χ0) is 33.0. The molecule has 1 saturated carbocycles. The summed E-state index contributed by atoms with van der Waals surface area (Å²) in [7, 11) is 3.10. The molecule has 11 nitrogen and oxygen atoms in total. The SMILES string of the molecule is COc1nc(-c2cccc(-c3cccc(-c4cnc(CNCC5(C#N)CC5)c(OC)n4)c3Cl)c2Cl)cnc1CNC[C@@H]1CCC(=O)N1. The summed E-state index contributed by atoms with van der Waals surface area (Å²) < 4.78 is 11.1. The summed E-state index contributed by atoms with van der Waals surface area (Å²) in [5.74, 6) is 0.849. The lowest BCUT2D eigenvalue weighted by atomic mass is 9.98. The van der Waals surface area contributed by atoms with Crippen molar-refractivity contribution in [2.45, 2.75) is 44.8 Å². The number of methoxy groups -OCH3 is 2. The molecule has 1 amide bonds. The topological polar surface area (TPSA) is 147 Å². The van der Waals surface area contributed by atoms with Crippen molar-refractivity contribution in [2.75, 3.05) is 27.3 Å². The van der Waals surface area contributed by atoms with Crippen molar-refractivity contribution in [3.63, 3.8) is 0 Å². The molecule has 3 heterocycles. The minimum absolute atomic E-state index is 0.0809. The van der Waals surface area contributed by atoms with Crippen LogP contribution in [-0.2, 0) is 17.9 Å². The Kier molecular flexibility index (Phi) is 9.84. The summed E-state index contributed by atoms with van der Waals surface area (Å²) in [5, 5.41) is 19.8. The fourth-order valence-electron chi connectivity index (χ4n) is 5.59. The number of hydrogen-bond acceptors (Lipinski definition) is 10. The number of nitriles is 1. The molecule has 6 rings (SSSR count). The van der Waals surface area contributed by atoms with Crippen molar-refractivity contribution in [3.05, 3.63) is 70.2 Å². The first-order valence-electron chi connectivity index (χ1n) is 15.3. The van der Waals surface area contributed by atoms with Crippen LogP contribution in [0.4, 0.5) is 0 Å². The van der Waals surface area contributed by atoms with E-state index in [0.29, 0.717) is 99.4 Å². The van der Waals surface area contributed by atoms with Gasteiger partial charge in [0.25, 0.3) is 0 Å². The van der Waals surface area contributed by atoms with Gasteiger partial charge in [-0.15, -0.1) is 0 Å². The van der Waals surface area contributed by atoms with Crippen molar-refractivity contribution in [1.29, 1.82) is 5.26 Å². The Labute approximate surface area is 283 Å². The predicted molar refractivity (Wildman–Crippen MR) is 179 cm³/mol. The van der Waals surface area contributed by atoms with Crippen molar-refractivity contribution >= 4 is 29.1 Å². The lowest BCUT2D eigenvalue weighted by Crippen LogP contribution is -2.35. The third kappa shape index (κ3) is 7.16. The summed E-state index contributed by atoms with van der Waals surface area (Å²) in [4.78, 5) is 30.1. The van der Waals surface area contributed by atoms with Gasteiger partial charge in [-0.2, -0.15) is 5.26 Å². The van der Waals surface area contributed by atoms with Gasteiger partial charge < -0.3 is 25.4 Å². The molecule has 2 aromatic carbocycles. The van der Waals surface area contributed by atoms with Crippen LogP contribution in [0.3, 0.4) is 0 Å². The molecule has 4 aromatic rings. The quantitative estimate of drug-likeness (QED) is 0.170. The van der Waals surface area contributed by atoms with Gasteiger partial charge in [-0.3, -0.25) is 14.8 Å². The molecule has 1 aliphatic carbocycles. The van der Waals surface area contributed by atoms with E-state index in [1.165, 1.54) is 0 Å². The van der Waals surface area contributed by atoms with Crippen LogP contribution in [0.2, 0.25) is 10.0 Å². The number of carbonyl (C=O) groups is 1. The van der Waals surface area contributed by atoms with E-state index in [1.54, 1.807) is 26.6 Å². The molecule has 2 fully saturated rings. The van der Waals surface area contributed by atoms with E-state index < -0.39 is 0 Å². The van der Waals surface area contributed by atoms with Crippen LogP contribution in [0, 0.1) is 16.7 Å². The molecule has 242 valence electrons. The number of nitrogens with zero attached hydrogens (tertiary/aromatic N) is 5. The number of rotatable bonds is 13. The monoisotopic (exact) mass is 672 g/mol. The Morgan fingerprint density at radius 1 is 0.894 bits per heavy atom. The highest BCUT2D eigenvalue weighted by Crippen LogP contribution is 2.44. The van der Waals surface area contributed by atoms with Gasteiger partial charge in [0.05, 0.1) is 59.5 Å². The highest BCUT2D eigenvalue weighted by molar-refractivity contribution is 6.39. The maximum Gasteiger partial charge on any atom is 0.237 e. The summed E-state index contributed by atoms with van der Waals surface area (Å²) in [6.45, 7) is 2.11. The molecular weight excluding hydrogens is 639 g/mol. The Hall–Kier alpha value is -4.34. The van der Waals surface area contributed by atoms with Crippen LogP contribution in [0.5, 0.6) is 11.8 Å². The summed E-state index contributed by atoms with van der Waals surface area (Å²) in [6.07, 6.45) is 6.53. The predicted octanol–water partition coefficient (Wildman–Crippen LogP) is 5.35. The standard InChI is InChI=1S/C34H34Cl2N8O3/c1-46-32-27(14-38-13-20-9-10-29(45)42-20)40-16-25(43-32)23-7-3-5-21(30(23)35)22-6-4-8-24(31(22)36)26-17-41-28(33(44-26)47-2)15-39-19-34(18-37)11-12-34/h3-8,16-17,20,38-39H,9-15,19H2,1-2H3,(H,42,45)/t20-/m0/s1. The van der Waals surface area contributed by atoms with E-state index >= 15 is 0 Å². The van der Waals surface area contributed by atoms with E-state index in [1.807, 2.05) is 36.4 Å². The van der Waals surface area contributed by atoms with Crippen LogP contribution < -0.4 is 25.4 Å². The number of nitrogens with one attached hydrogen (secondary N) is 3. The van der Waals surface area contributed by atoms with Gasteiger partial charge in [-0.1, -0.05) is 59.6 Å². The van der Waals surface area contributed by atoms with E-state index in [4.69, 9.17) is 42.6 Å². The molecule has 2 aliphatic rings. The largest absolute Gasteiger partial charge is 0.480 e. The lowest BCUT2D eigenvalue weighted by Gasteiger charge is -2.15. The van der Waals surface area contributed by atoms with Crippen LogP contribution in [0.15, 0.2) is 48.8 Å². The zero-order valence-corrected chi connectivity index (χ0v) is 27.6. The molecule has 0 unspecified atom stereocenters. The fourth-order valence-corrected chi connectivity index (χ4v) is 6.24. The maximum atomic E-state index is 11.5. The first-order chi connectivity index (χ1) is 22.8. The highest BCUT2D eigenvalue weighted by atomic mass is 35.5. The van der Waals surface area contributed by atoms with Gasteiger partial charge in [0.1, 0.15) is 11.4 Å². The first-order valence-corrected chi connectivity index (χ1v) is 16.1. The number of halogens is 2. The van der Waals surface area contributed by atoms with Gasteiger partial charge in [0.15, 0.2) is 0 Å². The van der Waals surface area contributed by atoms with Crippen molar-refractivity contribution in [2.24, 2.45) is 5.41 Å². The van der Waals surface area contributed by atoms with E-state index in [-0.39, 0.29) is 17.4 Å². The first kappa shape index (κ1) is 32.6. The van der Waals surface area contributed by atoms with Gasteiger partial charge in [0, 0.05) is 60.9 Å². The second-order valence-electron chi connectivity index (χ2n) is 11.7. The second kappa shape index (κ2) is 14.2. The normalized spacial score (nSPS) is 16.4. The average molecular weight is 674 g/mol.